The number of thiophene rings is 1. The van der Waals surface area contributed by atoms with Crippen LogP contribution in [0.1, 0.15) is 53.6 Å². The lowest BCUT2D eigenvalue weighted by Crippen LogP contribution is -2.27. The number of carbonyl (C=O) groups is 2. The summed E-state index contributed by atoms with van der Waals surface area (Å²) in [7, 11) is 0. The molecule has 0 bridgehead atoms. The predicted octanol–water partition coefficient (Wildman–Crippen LogP) is 7.84. The summed E-state index contributed by atoms with van der Waals surface area (Å²) >= 11 is 7.29. The first-order chi connectivity index (χ1) is 17.8. The van der Waals surface area contributed by atoms with Crippen molar-refractivity contribution in [1.29, 1.82) is 0 Å². The first-order valence-corrected chi connectivity index (χ1v) is 13.3. The summed E-state index contributed by atoms with van der Waals surface area (Å²) in [5.41, 5.74) is 0.338. The summed E-state index contributed by atoms with van der Waals surface area (Å²) in [6.07, 6.45) is -2.29. The van der Waals surface area contributed by atoms with Crippen molar-refractivity contribution >= 4 is 45.4 Å². The minimum atomic E-state index is -4.54. The van der Waals surface area contributed by atoms with Gasteiger partial charge in [0, 0.05) is 15.6 Å². The second-order valence-electron chi connectivity index (χ2n) is 10.3. The number of benzene rings is 2. The van der Waals surface area contributed by atoms with Gasteiger partial charge in [-0.1, -0.05) is 44.5 Å². The quantitative estimate of drug-likeness (QED) is 0.320. The Balaban J connectivity index is 1.59. The number of nitrogens with one attached hydrogen (secondary N) is 2. The molecule has 38 heavy (non-hydrogen) atoms. The smallest absolute Gasteiger partial charge is 0.416 e. The van der Waals surface area contributed by atoms with E-state index in [9.17, 15) is 22.8 Å². The second kappa shape index (κ2) is 11.0. The summed E-state index contributed by atoms with van der Waals surface area (Å²) in [5.74, 6) is -0.220. The van der Waals surface area contributed by atoms with Gasteiger partial charge in [0.25, 0.3) is 11.8 Å². The third-order valence-electron chi connectivity index (χ3n) is 6.58. The van der Waals surface area contributed by atoms with Crippen LogP contribution in [0.5, 0.6) is 5.75 Å². The van der Waals surface area contributed by atoms with Gasteiger partial charge in [0.2, 0.25) is 0 Å². The lowest BCUT2D eigenvalue weighted by molar-refractivity contribution is -0.137. The Morgan fingerprint density at radius 1 is 1.08 bits per heavy atom. The van der Waals surface area contributed by atoms with Crippen molar-refractivity contribution in [2.75, 3.05) is 17.2 Å². The molecule has 10 heteroatoms. The highest BCUT2D eigenvalue weighted by molar-refractivity contribution is 7.17. The largest absolute Gasteiger partial charge is 0.484 e. The number of ether oxygens (including phenoxy) is 1. The Morgan fingerprint density at radius 2 is 1.82 bits per heavy atom. The normalized spacial score (nSPS) is 15.5. The van der Waals surface area contributed by atoms with Crippen molar-refractivity contribution in [3.8, 4) is 5.75 Å². The fourth-order valence-corrected chi connectivity index (χ4v) is 6.01. The van der Waals surface area contributed by atoms with Crippen LogP contribution < -0.4 is 15.4 Å². The molecule has 3 aromatic rings. The molecule has 2 amide bonds. The van der Waals surface area contributed by atoms with Crippen LogP contribution in [0.3, 0.4) is 0 Å². The van der Waals surface area contributed by atoms with E-state index in [1.54, 1.807) is 24.3 Å². The van der Waals surface area contributed by atoms with E-state index >= 15 is 0 Å². The maximum absolute atomic E-state index is 13.4. The highest BCUT2D eigenvalue weighted by Crippen LogP contribution is 2.44. The molecule has 2 aromatic carbocycles. The number of halogens is 4. The lowest BCUT2D eigenvalue weighted by Gasteiger charge is -2.33. The first-order valence-electron chi connectivity index (χ1n) is 12.1. The summed E-state index contributed by atoms with van der Waals surface area (Å²) in [4.78, 5) is 27.2. The minimum absolute atomic E-state index is 0.0229. The summed E-state index contributed by atoms with van der Waals surface area (Å²) in [6, 6.07) is 11.1. The van der Waals surface area contributed by atoms with Crippen LogP contribution in [-0.2, 0) is 23.8 Å². The van der Waals surface area contributed by atoms with E-state index in [0.29, 0.717) is 28.1 Å². The van der Waals surface area contributed by atoms with E-state index in [-0.39, 0.29) is 23.3 Å². The van der Waals surface area contributed by atoms with Gasteiger partial charge in [-0.25, -0.2) is 0 Å². The molecule has 0 fully saturated rings. The SMILES string of the molecule is CC(C)(C)C1CCc2c(sc(NC(=O)COc3cccc(Cl)c3)c2C(=O)Nc2cccc(C(F)(F)F)c2)C1. The zero-order valence-electron chi connectivity index (χ0n) is 21.2. The Bertz CT molecular complexity index is 1350. The molecule has 1 aliphatic rings. The maximum Gasteiger partial charge on any atom is 0.416 e. The molecule has 0 radical (unpaired) electrons. The van der Waals surface area contributed by atoms with E-state index < -0.39 is 23.6 Å². The lowest BCUT2D eigenvalue weighted by atomic mass is 9.72. The molecule has 4 rings (SSSR count). The van der Waals surface area contributed by atoms with Crippen LogP contribution >= 0.6 is 22.9 Å². The van der Waals surface area contributed by atoms with Crippen molar-refractivity contribution in [3.63, 3.8) is 0 Å². The van der Waals surface area contributed by atoms with E-state index in [0.717, 1.165) is 35.4 Å². The zero-order valence-corrected chi connectivity index (χ0v) is 22.7. The average molecular weight is 565 g/mol. The average Bonchev–Trinajstić information content (AvgIpc) is 3.19. The third kappa shape index (κ3) is 6.69. The van der Waals surface area contributed by atoms with Crippen LogP contribution in [0.25, 0.3) is 0 Å². The number of alkyl halides is 3. The Labute approximate surface area is 228 Å². The van der Waals surface area contributed by atoms with Crippen molar-refractivity contribution < 1.29 is 27.5 Å². The van der Waals surface area contributed by atoms with Crippen LogP contribution in [0.2, 0.25) is 5.02 Å². The molecule has 0 spiro atoms. The summed E-state index contributed by atoms with van der Waals surface area (Å²) in [6.45, 7) is 6.22. The Kier molecular flexibility index (Phi) is 8.09. The van der Waals surface area contributed by atoms with E-state index in [4.69, 9.17) is 16.3 Å². The zero-order chi connectivity index (χ0) is 27.7. The summed E-state index contributed by atoms with van der Waals surface area (Å²) < 4.78 is 45.1. The molecule has 1 aliphatic carbocycles. The fraction of sp³-hybridized carbons (Fsp3) is 0.357. The monoisotopic (exact) mass is 564 g/mol. The molecule has 1 atom stereocenters. The molecule has 1 unspecified atom stereocenters. The van der Waals surface area contributed by atoms with Gasteiger partial charge >= 0.3 is 6.18 Å². The van der Waals surface area contributed by atoms with Gasteiger partial charge in [-0.2, -0.15) is 13.2 Å². The number of hydrogen-bond acceptors (Lipinski definition) is 4. The van der Waals surface area contributed by atoms with Gasteiger partial charge in [0.05, 0.1) is 11.1 Å². The number of anilines is 2. The molecule has 1 aromatic heterocycles. The maximum atomic E-state index is 13.4. The molecular weight excluding hydrogens is 537 g/mol. The van der Waals surface area contributed by atoms with E-state index in [1.165, 1.54) is 23.5 Å². The standard InChI is InChI=1S/C28H28ClF3N2O3S/c1-27(2,3)16-10-11-21-22(13-16)38-26(34-23(35)15-37-20-9-5-7-18(29)14-20)24(21)25(36)33-19-8-4-6-17(12-19)28(30,31)32/h4-9,12,14,16H,10-11,13,15H2,1-3H3,(H,33,36)(H,34,35). The van der Waals surface area contributed by atoms with Gasteiger partial charge < -0.3 is 15.4 Å². The first kappa shape index (κ1) is 28.0. The van der Waals surface area contributed by atoms with Crippen LogP contribution in [-0.4, -0.2) is 18.4 Å². The van der Waals surface area contributed by atoms with Crippen molar-refractivity contribution in [2.45, 2.75) is 46.2 Å². The molecule has 0 saturated carbocycles. The van der Waals surface area contributed by atoms with Gasteiger partial charge in [0.1, 0.15) is 10.8 Å². The van der Waals surface area contributed by atoms with Crippen molar-refractivity contribution in [3.05, 3.63) is 75.1 Å². The predicted molar refractivity (Wildman–Crippen MR) is 144 cm³/mol. The molecular formula is C28H28ClF3N2O3S. The molecule has 1 heterocycles. The van der Waals surface area contributed by atoms with Gasteiger partial charge in [-0.15, -0.1) is 11.3 Å². The molecule has 0 aliphatic heterocycles. The minimum Gasteiger partial charge on any atom is -0.484 e. The Hall–Kier alpha value is -3.04. The third-order valence-corrected chi connectivity index (χ3v) is 7.99. The number of fused-ring (bicyclic) bond motifs is 1. The molecule has 202 valence electrons. The number of amides is 2. The Morgan fingerprint density at radius 3 is 2.50 bits per heavy atom. The van der Waals surface area contributed by atoms with Crippen molar-refractivity contribution in [2.24, 2.45) is 11.3 Å². The fourth-order valence-electron chi connectivity index (χ4n) is 4.49. The van der Waals surface area contributed by atoms with Crippen LogP contribution in [0.4, 0.5) is 23.9 Å². The number of hydrogen-bond donors (Lipinski definition) is 2. The van der Waals surface area contributed by atoms with Gasteiger partial charge in [-0.3, -0.25) is 9.59 Å². The van der Waals surface area contributed by atoms with Gasteiger partial charge in [-0.05, 0) is 72.6 Å². The number of rotatable bonds is 6. The van der Waals surface area contributed by atoms with Crippen LogP contribution in [0, 0.1) is 11.3 Å². The second-order valence-corrected chi connectivity index (χ2v) is 11.9. The highest BCUT2D eigenvalue weighted by Gasteiger charge is 2.35. The van der Waals surface area contributed by atoms with Gasteiger partial charge in [0.15, 0.2) is 6.61 Å². The van der Waals surface area contributed by atoms with E-state index in [1.807, 2.05) is 0 Å². The van der Waals surface area contributed by atoms with Crippen LogP contribution in [0.15, 0.2) is 48.5 Å². The molecule has 0 saturated heterocycles. The molecule has 5 nitrogen and oxygen atoms in total. The highest BCUT2D eigenvalue weighted by atomic mass is 35.5. The number of carbonyl (C=O) groups excluding carboxylic acids is 2. The summed E-state index contributed by atoms with van der Waals surface area (Å²) in [5, 5.41) is 6.21. The topological polar surface area (TPSA) is 67.4 Å². The van der Waals surface area contributed by atoms with Crippen molar-refractivity contribution in [1.82, 2.24) is 0 Å². The molecule has 2 N–H and O–H groups in total. The van der Waals surface area contributed by atoms with E-state index in [2.05, 4.69) is 31.4 Å².